The fraction of sp³-hybridized carbons (Fsp3) is 0.562. The zero-order valence-corrected chi connectivity index (χ0v) is 38.9. The van der Waals surface area contributed by atoms with E-state index in [1.165, 1.54) is 0 Å². The molecule has 0 amide bonds. The van der Waals surface area contributed by atoms with Gasteiger partial charge in [0.25, 0.3) is 0 Å². The van der Waals surface area contributed by atoms with E-state index in [0.717, 1.165) is 62.3 Å². The molecule has 0 aromatic carbocycles. The van der Waals surface area contributed by atoms with Gasteiger partial charge in [-0.05, 0) is 35.5 Å². The molecule has 7 aliphatic rings. The van der Waals surface area contributed by atoms with E-state index < -0.39 is 165 Å². The van der Waals surface area contributed by atoms with Crippen LogP contribution in [0.2, 0.25) is 0 Å². The van der Waals surface area contributed by atoms with Gasteiger partial charge in [0.15, 0.2) is 54.9 Å². The quantitative estimate of drug-likeness (QED) is 0.135. The fourth-order valence-corrected chi connectivity index (χ4v) is 7.35. The summed E-state index contributed by atoms with van der Waals surface area (Å²) in [7, 11) is 0. The number of esters is 9. The minimum Gasteiger partial charge on any atom is -0.463 e. The van der Waals surface area contributed by atoms with Gasteiger partial charge < -0.3 is 56.8 Å². The van der Waals surface area contributed by atoms with Crippen molar-refractivity contribution in [2.45, 2.75) is 136 Å². The minimum absolute atomic E-state index is 0.496. The number of carbonyl (C=O) groups is 9. The van der Waals surface area contributed by atoms with Crippen LogP contribution in [0.25, 0.3) is 0 Å². The summed E-state index contributed by atoms with van der Waals surface area (Å²) < 4.78 is 68.3. The van der Waals surface area contributed by atoms with Crippen LogP contribution >= 0.6 is 0 Å². The van der Waals surface area contributed by atoms with Crippen LogP contribution in [-0.4, -0.2) is 147 Å². The Bertz CT molecular complexity index is 2160. The Kier molecular flexibility index (Phi) is 20.0. The summed E-state index contributed by atoms with van der Waals surface area (Å²) in [4.78, 5) is 112. The van der Waals surface area contributed by atoms with Gasteiger partial charge >= 0.3 is 53.7 Å². The lowest BCUT2D eigenvalue weighted by Gasteiger charge is -2.42. The lowest BCUT2D eigenvalue weighted by Crippen LogP contribution is -2.58. The molecule has 366 valence electrons. The maximum absolute atomic E-state index is 12.6. The van der Waals surface area contributed by atoms with Crippen molar-refractivity contribution in [1.82, 2.24) is 0 Å². The molecule has 3 fully saturated rings. The Balaban J connectivity index is 2.11. The topological polar surface area (TPSA) is 264 Å². The van der Waals surface area contributed by atoms with E-state index in [-0.39, 0.29) is 0 Å². The molecule has 69 heavy (non-hydrogen) atoms. The Morgan fingerprint density at radius 1 is 0.304 bits per heavy atom. The third-order valence-electron chi connectivity index (χ3n) is 9.81. The molecular weight excluding hydrogens is 913 g/mol. The molecule has 15 atom stereocenters. The molecule has 0 unspecified atom stereocenters. The third-order valence-corrected chi connectivity index (χ3v) is 9.81. The number of rotatable bonds is 12. The summed E-state index contributed by atoms with van der Waals surface area (Å²) >= 11 is 0. The standard InChI is InChI=1S/C48H48O21/c1-25(49)58-22-40-34-16-10-13-20-38-47(65-32(8)56)45(63-30(6)54)36(42(68-38)24-60-27(3)51)18-12-15-21-39-48(66-33(9)57)44(62-29(5)53)35(41(69-39)23-59-26(2)50)17-11-14-19-37(67-40)46(64-31(7)55)43(34)61-28(4)52/h34-48H,22-24H2,1-9H3/t34-,35-,36-,37-,38-,39-,40-,41-,42-,43+,44+,45+,46+,47+,48+/m1/s1. The molecule has 0 aromatic heterocycles. The second-order valence-corrected chi connectivity index (χ2v) is 15.3. The second kappa shape index (κ2) is 25.6. The van der Waals surface area contributed by atoms with Gasteiger partial charge in [0.1, 0.15) is 38.1 Å². The molecule has 6 heterocycles. The summed E-state index contributed by atoms with van der Waals surface area (Å²) in [5, 5.41) is 0. The Hall–Kier alpha value is -7.53. The van der Waals surface area contributed by atoms with Crippen LogP contribution in [0, 0.1) is 88.8 Å². The van der Waals surface area contributed by atoms with Crippen molar-refractivity contribution in [1.29, 1.82) is 0 Å². The van der Waals surface area contributed by atoms with Gasteiger partial charge in [-0.25, -0.2) is 0 Å². The molecule has 6 bridgehead atoms. The van der Waals surface area contributed by atoms with Crippen LogP contribution in [0.4, 0.5) is 0 Å². The first-order valence-corrected chi connectivity index (χ1v) is 21.1. The van der Waals surface area contributed by atoms with Gasteiger partial charge in [-0.2, -0.15) is 0 Å². The molecule has 1 aliphatic carbocycles. The van der Waals surface area contributed by atoms with Gasteiger partial charge in [0.2, 0.25) is 0 Å². The van der Waals surface area contributed by atoms with Crippen LogP contribution in [0.5, 0.6) is 0 Å². The van der Waals surface area contributed by atoms with Crippen LogP contribution in [0.15, 0.2) is 0 Å². The van der Waals surface area contributed by atoms with Crippen molar-refractivity contribution >= 4 is 53.7 Å². The molecule has 7 rings (SSSR count). The van der Waals surface area contributed by atoms with E-state index in [1.54, 1.807) is 0 Å². The first-order valence-electron chi connectivity index (χ1n) is 21.1. The van der Waals surface area contributed by atoms with Crippen molar-refractivity contribution in [2.24, 2.45) is 17.8 Å². The molecule has 3 saturated heterocycles. The molecule has 0 radical (unpaired) electrons. The van der Waals surface area contributed by atoms with E-state index in [2.05, 4.69) is 71.0 Å². The maximum Gasteiger partial charge on any atom is 0.303 e. The first kappa shape index (κ1) is 54.1. The van der Waals surface area contributed by atoms with Gasteiger partial charge in [0.05, 0.1) is 17.8 Å². The molecule has 0 saturated carbocycles. The summed E-state index contributed by atoms with van der Waals surface area (Å²) in [5.41, 5.74) is 0. The molecule has 0 aromatic rings. The number of hydrogen-bond acceptors (Lipinski definition) is 21. The highest BCUT2D eigenvalue weighted by atomic mass is 16.6. The SMILES string of the molecule is CC(=O)OC[C@H]1O[C@@H]2C#CC#C[C@H]3[C@H](OC(C)=O)[C@@H](OC(C)=O)[C@@H](C#CC#C[C@H]4[C@H](OC(C)=O)[C@@H](OC(C)=O)[C@@H](C#CC#C[C@H]1[C@H](OC(C)=O)[C@H]2OC(C)=O)O[C@@H]4COC(C)=O)O[C@@H]3COC(C)=O. The number of fused-ring (bicyclic) bond motifs is 2. The van der Waals surface area contributed by atoms with Crippen molar-refractivity contribution < 1.29 is 100.0 Å². The van der Waals surface area contributed by atoms with Gasteiger partial charge in [-0.1, -0.05) is 35.5 Å². The van der Waals surface area contributed by atoms with E-state index in [4.69, 9.17) is 56.8 Å². The van der Waals surface area contributed by atoms with E-state index in [9.17, 15) is 43.2 Å². The van der Waals surface area contributed by atoms with Crippen molar-refractivity contribution in [2.75, 3.05) is 19.8 Å². The second-order valence-electron chi connectivity index (χ2n) is 15.3. The number of hydrogen-bond donors (Lipinski definition) is 0. The third kappa shape index (κ3) is 16.3. The number of carbonyl (C=O) groups excluding carboxylic acids is 9. The predicted molar refractivity (Wildman–Crippen MR) is 226 cm³/mol. The molecule has 21 nitrogen and oxygen atoms in total. The van der Waals surface area contributed by atoms with Crippen molar-refractivity contribution in [3.8, 4) is 71.0 Å². The summed E-state index contributed by atoms with van der Waals surface area (Å²) in [6, 6.07) is 0. The highest BCUT2D eigenvalue weighted by molar-refractivity contribution is 5.70. The summed E-state index contributed by atoms with van der Waals surface area (Å²) in [6.45, 7) is 8.33. The van der Waals surface area contributed by atoms with Gasteiger partial charge in [-0.15, -0.1) is 0 Å². The average molecular weight is 961 g/mol. The van der Waals surface area contributed by atoms with Crippen molar-refractivity contribution in [3.05, 3.63) is 0 Å². The smallest absolute Gasteiger partial charge is 0.303 e. The largest absolute Gasteiger partial charge is 0.463 e. The lowest BCUT2D eigenvalue weighted by molar-refractivity contribution is -0.213. The highest BCUT2D eigenvalue weighted by Crippen LogP contribution is 2.34. The monoisotopic (exact) mass is 960 g/mol. The summed E-state index contributed by atoms with van der Waals surface area (Å²) in [6.07, 6.45) is -17.1. The normalized spacial score (nSPS) is 30.5. The average Bonchev–Trinajstić information content (AvgIpc) is 3.23. The Morgan fingerprint density at radius 3 is 0.710 bits per heavy atom. The predicted octanol–water partition coefficient (Wildman–Crippen LogP) is -0.549. The van der Waals surface area contributed by atoms with Crippen LogP contribution in [0.1, 0.15) is 62.3 Å². The van der Waals surface area contributed by atoms with E-state index in [0.29, 0.717) is 0 Å². The molecule has 21 heteroatoms. The lowest BCUT2D eigenvalue weighted by atomic mass is 9.86. The summed E-state index contributed by atoms with van der Waals surface area (Å²) in [5.74, 6) is 21.1. The molecule has 0 spiro atoms. The highest BCUT2D eigenvalue weighted by Gasteiger charge is 2.52. The zero-order valence-electron chi connectivity index (χ0n) is 38.9. The maximum atomic E-state index is 12.6. The van der Waals surface area contributed by atoms with E-state index in [1.807, 2.05) is 0 Å². The minimum atomic E-state index is -1.51. The van der Waals surface area contributed by atoms with Crippen LogP contribution in [-0.2, 0) is 100.0 Å². The number of ether oxygens (including phenoxy) is 12. The molecule has 6 aliphatic heterocycles. The van der Waals surface area contributed by atoms with Gasteiger partial charge in [-0.3, -0.25) is 43.2 Å². The molecular formula is C48H48O21. The van der Waals surface area contributed by atoms with Gasteiger partial charge in [0, 0.05) is 62.3 Å². The molecule has 0 N–H and O–H groups in total. The zero-order chi connectivity index (χ0) is 50.9. The van der Waals surface area contributed by atoms with E-state index >= 15 is 0 Å². The Morgan fingerprint density at radius 2 is 0.507 bits per heavy atom. The van der Waals surface area contributed by atoms with Crippen LogP contribution in [0.3, 0.4) is 0 Å². The first-order chi connectivity index (χ1) is 32.6. The van der Waals surface area contributed by atoms with Crippen molar-refractivity contribution in [3.63, 3.8) is 0 Å². The van der Waals surface area contributed by atoms with Crippen LogP contribution < -0.4 is 0 Å². The Labute approximate surface area is 397 Å². The fourth-order valence-electron chi connectivity index (χ4n) is 7.35.